The zero-order valence-electron chi connectivity index (χ0n) is 14.3. The third-order valence-corrected chi connectivity index (χ3v) is 6.59. The lowest BCUT2D eigenvalue weighted by Crippen LogP contribution is -2.51. The van der Waals surface area contributed by atoms with Crippen molar-refractivity contribution in [1.82, 2.24) is 14.2 Å². The van der Waals surface area contributed by atoms with Crippen molar-refractivity contribution in [3.63, 3.8) is 0 Å². The Kier molecular flexibility index (Phi) is 5.83. The fraction of sp³-hybridized carbons (Fsp3) is 0.294. The largest absolute Gasteiger partial charge is 0.451 e. The predicted molar refractivity (Wildman–Crippen MR) is 97.9 cm³/mol. The van der Waals surface area contributed by atoms with Crippen LogP contribution in [0.25, 0.3) is 0 Å². The zero-order chi connectivity index (χ0) is 19.4. The fourth-order valence-corrected chi connectivity index (χ4v) is 4.64. The minimum atomic E-state index is -3.72. The molecule has 8 nitrogen and oxygen atoms in total. The van der Waals surface area contributed by atoms with E-state index in [-0.39, 0.29) is 47.7 Å². The third-order valence-electron chi connectivity index (χ3n) is 4.19. The van der Waals surface area contributed by atoms with Crippen molar-refractivity contribution < 1.29 is 22.7 Å². The lowest BCUT2D eigenvalue weighted by atomic mass is 10.3. The van der Waals surface area contributed by atoms with E-state index in [2.05, 4.69) is 4.98 Å². The molecular formula is C17H18ClN3O5S. The van der Waals surface area contributed by atoms with Crippen LogP contribution in [0.2, 0.25) is 5.02 Å². The first-order chi connectivity index (χ1) is 12.9. The second-order valence-electron chi connectivity index (χ2n) is 5.88. The number of benzene rings is 1. The van der Waals surface area contributed by atoms with E-state index < -0.39 is 22.6 Å². The molecule has 10 heteroatoms. The van der Waals surface area contributed by atoms with E-state index in [1.807, 2.05) is 0 Å². The summed E-state index contributed by atoms with van der Waals surface area (Å²) in [7, 11) is -3.72. The standard InChI is InChI=1S/C17H18ClN3O5S/c18-13-4-1-2-6-15(13)27(24,25)21-10-8-20(9-11-21)16(22)12-26-17(23)14-5-3-7-19-14/h1-7,19H,8-12H2. The van der Waals surface area contributed by atoms with Gasteiger partial charge in [0.2, 0.25) is 10.0 Å². The van der Waals surface area contributed by atoms with Gasteiger partial charge in [-0.25, -0.2) is 13.2 Å². The van der Waals surface area contributed by atoms with E-state index in [0.29, 0.717) is 0 Å². The minimum Gasteiger partial charge on any atom is -0.451 e. The number of carbonyl (C=O) groups is 2. The van der Waals surface area contributed by atoms with E-state index in [0.717, 1.165) is 0 Å². The number of nitrogens with zero attached hydrogens (tertiary/aromatic N) is 2. The molecule has 0 aliphatic carbocycles. The quantitative estimate of drug-likeness (QED) is 0.749. The summed E-state index contributed by atoms with van der Waals surface area (Å²) < 4.78 is 31.7. The van der Waals surface area contributed by atoms with Crippen LogP contribution in [0.3, 0.4) is 0 Å². The average molecular weight is 412 g/mol. The highest BCUT2D eigenvalue weighted by Gasteiger charge is 2.31. The van der Waals surface area contributed by atoms with E-state index in [9.17, 15) is 18.0 Å². The summed E-state index contributed by atoms with van der Waals surface area (Å²) >= 11 is 6.00. The number of piperazine rings is 1. The number of halogens is 1. The molecule has 0 radical (unpaired) electrons. The van der Waals surface area contributed by atoms with Crippen LogP contribution in [0.15, 0.2) is 47.5 Å². The summed E-state index contributed by atoms with van der Waals surface area (Å²) in [6, 6.07) is 9.44. The highest BCUT2D eigenvalue weighted by molar-refractivity contribution is 7.89. The molecule has 0 atom stereocenters. The Labute approximate surface area is 161 Å². The van der Waals surface area contributed by atoms with Crippen LogP contribution in [-0.2, 0) is 19.6 Å². The van der Waals surface area contributed by atoms with Gasteiger partial charge in [0.25, 0.3) is 5.91 Å². The number of hydrogen-bond donors (Lipinski definition) is 1. The van der Waals surface area contributed by atoms with Crippen molar-refractivity contribution in [1.29, 1.82) is 0 Å². The molecule has 0 spiro atoms. The number of amides is 1. The number of ether oxygens (including phenoxy) is 1. The average Bonchev–Trinajstić information content (AvgIpc) is 3.21. The molecule has 1 aromatic carbocycles. The number of sulfonamides is 1. The fourth-order valence-electron chi connectivity index (χ4n) is 2.72. The van der Waals surface area contributed by atoms with Gasteiger partial charge >= 0.3 is 5.97 Å². The smallest absolute Gasteiger partial charge is 0.355 e. The topological polar surface area (TPSA) is 99.8 Å². The molecular weight excluding hydrogens is 394 g/mol. The third kappa shape index (κ3) is 4.32. The van der Waals surface area contributed by atoms with Gasteiger partial charge < -0.3 is 14.6 Å². The summed E-state index contributed by atoms with van der Waals surface area (Å²) in [5.74, 6) is -0.988. The van der Waals surface area contributed by atoms with Crippen LogP contribution in [0.4, 0.5) is 0 Å². The van der Waals surface area contributed by atoms with Gasteiger partial charge in [0, 0.05) is 32.4 Å². The van der Waals surface area contributed by atoms with Crippen LogP contribution < -0.4 is 0 Å². The summed E-state index contributed by atoms with van der Waals surface area (Å²) in [4.78, 5) is 28.2. The van der Waals surface area contributed by atoms with E-state index in [4.69, 9.17) is 16.3 Å². The van der Waals surface area contributed by atoms with Crippen molar-refractivity contribution >= 4 is 33.5 Å². The van der Waals surface area contributed by atoms with Gasteiger partial charge in [0.15, 0.2) is 6.61 Å². The number of esters is 1. The lowest BCUT2D eigenvalue weighted by molar-refractivity contribution is -0.135. The normalized spacial score (nSPS) is 15.5. The van der Waals surface area contributed by atoms with Crippen LogP contribution >= 0.6 is 11.6 Å². The highest BCUT2D eigenvalue weighted by Crippen LogP contribution is 2.25. The number of aromatic amines is 1. The van der Waals surface area contributed by atoms with Gasteiger partial charge in [-0.05, 0) is 24.3 Å². The maximum atomic E-state index is 12.7. The molecule has 1 amide bonds. The molecule has 0 bridgehead atoms. The summed E-state index contributed by atoms with van der Waals surface area (Å²) in [5.41, 5.74) is 0.262. The van der Waals surface area contributed by atoms with Gasteiger partial charge in [-0.2, -0.15) is 4.31 Å². The van der Waals surface area contributed by atoms with Crippen LogP contribution in [0, 0.1) is 0 Å². The Hall–Kier alpha value is -2.36. The predicted octanol–water partition coefficient (Wildman–Crippen LogP) is 1.36. The number of H-pyrrole nitrogens is 1. The number of nitrogens with one attached hydrogen (secondary N) is 1. The minimum absolute atomic E-state index is 0.0475. The highest BCUT2D eigenvalue weighted by atomic mass is 35.5. The molecule has 1 fully saturated rings. The molecule has 0 unspecified atom stereocenters. The number of rotatable bonds is 5. The summed E-state index contributed by atoms with van der Waals surface area (Å²) in [6.07, 6.45) is 1.58. The SMILES string of the molecule is O=C(OCC(=O)N1CCN(S(=O)(=O)c2ccccc2Cl)CC1)c1ccc[nH]1. The Balaban J connectivity index is 1.55. The first kappa shape index (κ1) is 19.4. The molecule has 2 heterocycles. The van der Waals surface area contributed by atoms with Gasteiger partial charge in [0.05, 0.1) is 5.02 Å². The Morgan fingerprint density at radius 3 is 2.41 bits per heavy atom. The summed E-state index contributed by atoms with van der Waals surface area (Å²) in [6.45, 7) is 0.313. The number of aromatic nitrogens is 1. The molecule has 3 rings (SSSR count). The lowest BCUT2D eigenvalue weighted by Gasteiger charge is -2.34. The van der Waals surface area contributed by atoms with Crippen molar-refractivity contribution in [2.45, 2.75) is 4.90 Å². The molecule has 1 saturated heterocycles. The molecule has 27 heavy (non-hydrogen) atoms. The Morgan fingerprint density at radius 2 is 1.78 bits per heavy atom. The first-order valence-electron chi connectivity index (χ1n) is 8.22. The number of hydrogen-bond acceptors (Lipinski definition) is 5. The second-order valence-corrected chi connectivity index (χ2v) is 8.19. The summed E-state index contributed by atoms with van der Waals surface area (Å²) in [5, 5.41) is 0.159. The van der Waals surface area contributed by atoms with Crippen LogP contribution in [0.1, 0.15) is 10.5 Å². The zero-order valence-corrected chi connectivity index (χ0v) is 15.9. The van der Waals surface area contributed by atoms with E-state index in [1.165, 1.54) is 21.3 Å². The second kappa shape index (κ2) is 8.12. The van der Waals surface area contributed by atoms with Crippen LogP contribution in [-0.4, -0.2) is 67.3 Å². The first-order valence-corrected chi connectivity index (χ1v) is 10.0. The molecule has 2 aromatic rings. The van der Waals surface area contributed by atoms with E-state index >= 15 is 0 Å². The molecule has 1 aliphatic rings. The molecule has 1 aliphatic heterocycles. The molecule has 0 saturated carbocycles. The molecule has 1 aromatic heterocycles. The maximum Gasteiger partial charge on any atom is 0.355 e. The molecule has 1 N–H and O–H groups in total. The van der Waals surface area contributed by atoms with Gasteiger partial charge in [-0.3, -0.25) is 4.79 Å². The van der Waals surface area contributed by atoms with Crippen molar-refractivity contribution in [2.24, 2.45) is 0 Å². The monoisotopic (exact) mass is 411 g/mol. The Morgan fingerprint density at radius 1 is 1.07 bits per heavy atom. The van der Waals surface area contributed by atoms with Gasteiger partial charge in [-0.15, -0.1) is 0 Å². The number of carbonyl (C=O) groups excluding carboxylic acids is 2. The maximum absolute atomic E-state index is 12.7. The Bertz CT molecular complexity index is 922. The van der Waals surface area contributed by atoms with Crippen LogP contribution in [0.5, 0.6) is 0 Å². The molecule has 144 valence electrons. The van der Waals surface area contributed by atoms with Crippen molar-refractivity contribution in [3.05, 3.63) is 53.3 Å². The van der Waals surface area contributed by atoms with Crippen molar-refractivity contribution in [2.75, 3.05) is 32.8 Å². The van der Waals surface area contributed by atoms with Gasteiger partial charge in [-0.1, -0.05) is 23.7 Å². The van der Waals surface area contributed by atoms with E-state index in [1.54, 1.807) is 30.5 Å². The van der Waals surface area contributed by atoms with Gasteiger partial charge in [0.1, 0.15) is 10.6 Å². The van der Waals surface area contributed by atoms with Crippen molar-refractivity contribution in [3.8, 4) is 0 Å².